The highest BCUT2D eigenvalue weighted by molar-refractivity contribution is 5.50. The Hall–Kier alpha value is -1.29. The molecule has 0 saturated heterocycles. The molecule has 1 nitrogen and oxygen atoms in total. The predicted octanol–water partition coefficient (Wildman–Crippen LogP) is 3.96. The fraction of sp³-hybridized carbons (Fsp3) is 0.429. The van der Waals surface area contributed by atoms with Crippen molar-refractivity contribution in [2.24, 2.45) is 5.92 Å². The van der Waals surface area contributed by atoms with Gasteiger partial charge in [-0.3, -0.25) is 0 Å². The Morgan fingerprint density at radius 2 is 2.00 bits per heavy atom. The van der Waals surface area contributed by atoms with E-state index in [-0.39, 0.29) is 0 Å². The lowest BCUT2D eigenvalue weighted by Crippen LogP contribution is -2.19. The van der Waals surface area contributed by atoms with Crippen molar-refractivity contribution < 1.29 is 13.2 Å². The Balaban J connectivity index is 2.55. The zero-order chi connectivity index (χ0) is 13.6. The smallest absolute Gasteiger partial charge is 0.313 e. The molecule has 0 saturated carbocycles. The van der Waals surface area contributed by atoms with Crippen molar-refractivity contribution in [2.45, 2.75) is 20.0 Å². The number of halogens is 3. The first kappa shape index (κ1) is 14.8. The van der Waals surface area contributed by atoms with Gasteiger partial charge in [-0.15, -0.1) is 0 Å². The van der Waals surface area contributed by atoms with E-state index >= 15 is 0 Å². The van der Waals surface area contributed by atoms with Gasteiger partial charge < -0.3 is 5.32 Å². The second kappa shape index (κ2) is 6.59. The number of rotatable bonds is 5. The van der Waals surface area contributed by atoms with Crippen LogP contribution in [0.3, 0.4) is 0 Å². The standard InChI is InChI=1S/C14H18F3N/c1-11(2)10-18-8-4-6-12-5-3-7-13(9-12)14(15,16)17/h3-7,9,11,18H,8,10H2,1-2H3. The zero-order valence-corrected chi connectivity index (χ0v) is 10.6. The first-order valence-electron chi connectivity index (χ1n) is 5.94. The van der Waals surface area contributed by atoms with Crippen LogP contribution in [0.1, 0.15) is 25.0 Å². The maximum Gasteiger partial charge on any atom is 0.416 e. The summed E-state index contributed by atoms with van der Waals surface area (Å²) in [5, 5.41) is 3.19. The molecule has 0 aliphatic rings. The van der Waals surface area contributed by atoms with Gasteiger partial charge in [0.15, 0.2) is 0 Å². The van der Waals surface area contributed by atoms with Crippen molar-refractivity contribution in [2.75, 3.05) is 13.1 Å². The fourth-order valence-electron chi connectivity index (χ4n) is 1.47. The quantitative estimate of drug-likeness (QED) is 0.787. The van der Waals surface area contributed by atoms with Crippen LogP contribution in [0.5, 0.6) is 0 Å². The second-order valence-electron chi connectivity index (χ2n) is 4.58. The summed E-state index contributed by atoms with van der Waals surface area (Å²) in [7, 11) is 0. The number of alkyl halides is 3. The van der Waals surface area contributed by atoms with Gasteiger partial charge in [0.25, 0.3) is 0 Å². The molecular formula is C14H18F3N. The zero-order valence-electron chi connectivity index (χ0n) is 10.6. The van der Waals surface area contributed by atoms with Crippen LogP contribution >= 0.6 is 0 Å². The minimum Gasteiger partial charge on any atom is -0.313 e. The van der Waals surface area contributed by atoms with Crippen LogP contribution in [0.25, 0.3) is 6.08 Å². The highest BCUT2D eigenvalue weighted by atomic mass is 19.4. The van der Waals surface area contributed by atoms with E-state index in [1.165, 1.54) is 6.07 Å². The Bertz CT molecular complexity index is 394. The van der Waals surface area contributed by atoms with Gasteiger partial charge in [-0.2, -0.15) is 13.2 Å². The summed E-state index contributed by atoms with van der Waals surface area (Å²) >= 11 is 0. The van der Waals surface area contributed by atoms with Gasteiger partial charge in [-0.1, -0.05) is 38.1 Å². The van der Waals surface area contributed by atoms with Crippen LogP contribution in [0.2, 0.25) is 0 Å². The summed E-state index contributed by atoms with van der Waals surface area (Å²) in [5.41, 5.74) is -0.0454. The largest absolute Gasteiger partial charge is 0.416 e. The summed E-state index contributed by atoms with van der Waals surface area (Å²) in [6, 6.07) is 5.31. The van der Waals surface area contributed by atoms with E-state index in [2.05, 4.69) is 19.2 Å². The average molecular weight is 257 g/mol. The van der Waals surface area contributed by atoms with Gasteiger partial charge in [0.2, 0.25) is 0 Å². The fourth-order valence-corrected chi connectivity index (χ4v) is 1.47. The molecule has 4 heteroatoms. The highest BCUT2D eigenvalue weighted by Crippen LogP contribution is 2.29. The van der Waals surface area contributed by atoms with Crippen molar-refractivity contribution in [1.82, 2.24) is 5.32 Å². The van der Waals surface area contributed by atoms with Crippen LogP contribution in [0, 0.1) is 5.92 Å². The molecule has 0 bridgehead atoms. The van der Waals surface area contributed by atoms with Crippen LogP contribution in [0.4, 0.5) is 13.2 Å². The number of benzene rings is 1. The van der Waals surface area contributed by atoms with Gasteiger partial charge in [0, 0.05) is 6.54 Å². The molecule has 1 N–H and O–H groups in total. The monoisotopic (exact) mass is 257 g/mol. The summed E-state index contributed by atoms with van der Waals surface area (Å²) in [4.78, 5) is 0. The molecule has 0 unspecified atom stereocenters. The van der Waals surface area contributed by atoms with Crippen LogP contribution in [0.15, 0.2) is 30.3 Å². The van der Waals surface area contributed by atoms with E-state index in [4.69, 9.17) is 0 Å². The van der Waals surface area contributed by atoms with E-state index in [1.54, 1.807) is 12.1 Å². The van der Waals surface area contributed by atoms with Crippen LogP contribution in [-0.2, 0) is 6.18 Å². The van der Waals surface area contributed by atoms with E-state index in [9.17, 15) is 13.2 Å². The van der Waals surface area contributed by atoms with Crippen molar-refractivity contribution in [3.8, 4) is 0 Å². The van der Waals surface area contributed by atoms with Gasteiger partial charge in [-0.25, -0.2) is 0 Å². The van der Waals surface area contributed by atoms with Gasteiger partial charge in [0.1, 0.15) is 0 Å². The van der Waals surface area contributed by atoms with Crippen LogP contribution in [-0.4, -0.2) is 13.1 Å². The number of hydrogen-bond donors (Lipinski definition) is 1. The summed E-state index contributed by atoms with van der Waals surface area (Å²) in [6.07, 6.45) is -0.750. The normalized spacial score (nSPS) is 12.6. The molecule has 0 spiro atoms. The first-order chi connectivity index (χ1) is 8.39. The second-order valence-corrected chi connectivity index (χ2v) is 4.58. The lowest BCUT2D eigenvalue weighted by Gasteiger charge is -2.07. The first-order valence-corrected chi connectivity index (χ1v) is 5.94. The molecule has 18 heavy (non-hydrogen) atoms. The van der Waals surface area contributed by atoms with Crippen molar-refractivity contribution in [1.29, 1.82) is 0 Å². The minimum absolute atomic E-state index is 0.562. The summed E-state index contributed by atoms with van der Waals surface area (Å²) in [5.74, 6) is 0.562. The molecule has 0 radical (unpaired) electrons. The van der Waals surface area contributed by atoms with Gasteiger partial charge in [0.05, 0.1) is 5.56 Å². The molecule has 0 aliphatic heterocycles. The molecule has 0 aromatic heterocycles. The SMILES string of the molecule is CC(C)CNCC=Cc1cccc(C(F)(F)F)c1. The third kappa shape index (κ3) is 5.36. The lowest BCUT2D eigenvalue weighted by molar-refractivity contribution is -0.137. The molecule has 0 fully saturated rings. The topological polar surface area (TPSA) is 12.0 Å². The van der Waals surface area contributed by atoms with Crippen molar-refractivity contribution in [3.63, 3.8) is 0 Å². The summed E-state index contributed by atoms with van der Waals surface area (Å²) < 4.78 is 37.4. The molecule has 100 valence electrons. The van der Waals surface area contributed by atoms with Crippen molar-refractivity contribution >= 4 is 6.08 Å². The molecule has 0 aliphatic carbocycles. The van der Waals surface area contributed by atoms with E-state index in [0.717, 1.165) is 18.7 Å². The lowest BCUT2D eigenvalue weighted by atomic mass is 10.1. The van der Waals surface area contributed by atoms with Crippen LogP contribution < -0.4 is 5.32 Å². The Morgan fingerprint density at radius 1 is 1.28 bits per heavy atom. The predicted molar refractivity (Wildman–Crippen MR) is 68.2 cm³/mol. The maximum absolute atomic E-state index is 12.5. The average Bonchev–Trinajstić information content (AvgIpc) is 2.27. The summed E-state index contributed by atoms with van der Waals surface area (Å²) in [6.45, 7) is 5.76. The minimum atomic E-state index is -4.28. The highest BCUT2D eigenvalue weighted by Gasteiger charge is 2.30. The molecule has 1 aromatic rings. The van der Waals surface area contributed by atoms with Gasteiger partial charge >= 0.3 is 6.18 Å². The number of nitrogens with one attached hydrogen (secondary N) is 1. The third-order valence-electron chi connectivity index (χ3n) is 2.34. The Morgan fingerprint density at radius 3 is 2.61 bits per heavy atom. The number of hydrogen-bond acceptors (Lipinski definition) is 1. The molecule has 0 atom stereocenters. The van der Waals surface area contributed by atoms with E-state index in [0.29, 0.717) is 18.0 Å². The molecular weight excluding hydrogens is 239 g/mol. The molecule has 0 amide bonds. The van der Waals surface area contributed by atoms with E-state index in [1.807, 2.05) is 6.08 Å². The van der Waals surface area contributed by atoms with Gasteiger partial charge in [-0.05, 0) is 30.2 Å². The molecule has 0 heterocycles. The van der Waals surface area contributed by atoms with E-state index < -0.39 is 11.7 Å². The molecule has 1 aromatic carbocycles. The Kier molecular flexibility index (Phi) is 5.41. The van der Waals surface area contributed by atoms with Crippen molar-refractivity contribution in [3.05, 3.63) is 41.5 Å². The maximum atomic E-state index is 12.5. The Labute approximate surface area is 106 Å². The molecule has 1 rings (SSSR count). The third-order valence-corrected chi connectivity index (χ3v) is 2.34.